The van der Waals surface area contributed by atoms with E-state index in [2.05, 4.69) is 15.9 Å². The van der Waals surface area contributed by atoms with Crippen LogP contribution in [-0.2, 0) is 11.0 Å². The van der Waals surface area contributed by atoms with Gasteiger partial charge in [-0.15, -0.1) is 0 Å². The minimum absolute atomic E-state index is 0.0365. The van der Waals surface area contributed by atoms with Gasteiger partial charge in [-0.1, -0.05) is 29.8 Å². The molecule has 1 N–H and O–H groups in total. The highest BCUT2D eigenvalue weighted by atomic mass is 79.9. The summed E-state index contributed by atoms with van der Waals surface area (Å²) >= 11 is 3.12. The summed E-state index contributed by atoms with van der Waals surface area (Å²) in [7, 11) is 0. The predicted molar refractivity (Wildman–Crippen MR) is 73.8 cm³/mol. The first-order valence-corrected chi connectivity index (χ1v) is 6.74. The highest BCUT2D eigenvalue weighted by molar-refractivity contribution is 9.10. The number of benzene rings is 1. The van der Waals surface area contributed by atoms with Gasteiger partial charge < -0.3 is 10.0 Å². The zero-order valence-corrected chi connectivity index (χ0v) is 12.6. The van der Waals surface area contributed by atoms with Gasteiger partial charge in [0.15, 0.2) is 0 Å². The van der Waals surface area contributed by atoms with E-state index in [-0.39, 0.29) is 18.2 Å². The second-order valence-electron chi connectivity index (χ2n) is 4.83. The minimum Gasteiger partial charge on any atom is -0.480 e. The lowest BCUT2D eigenvalue weighted by atomic mass is 10.1. The van der Waals surface area contributed by atoms with Crippen molar-refractivity contribution in [2.75, 3.05) is 18.0 Å². The second-order valence-corrected chi connectivity index (χ2v) is 5.74. The first-order valence-electron chi connectivity index (χ1n) is 5.94. The molecule has 0 aliphatic rings. The number of anilines is 1. The maximum Gasteiger partial charge on any atom is 0.418 e. The Labute approximate surface area is 123 Å². The van der Waals surface area contributed by atoms with Gasteiger partial charge in [-0.05, 0) is 24.1 Å². The average Bonchev–Trinajstić information content (AvgIpc) is 2.24. The van der Waals surface area contributed by atoms with E-state index in [0.29, 0.717) is 4.47 Å². The molecular formula is C13H15BrF3NO2. The molecule has 1 aromatic rings. The number of alkyl halides is 3. The highest BCUT2D eigenvalue weighted by Crippen LogP contribution is 2.38. The van der Waals surface area contributed by atoms with Crippen LogP contribution in [0.3, 0.4) is 0 Å². The Balaban J connectivity index is 3.29. The van der Waals surface area contributed by atoms with Gasteiger partial charge in [0, 0.05) is 11.0 Å². The molecule has 0 amide bonds. The van der Waals surface area contributed by atoms with E-state index in [1.54, 1.807) is 0 Å². The van der Waals surface area contributed by atoms with Crippen molar-refractivity contribution in [3.63, 3.8) is 0 Å². The molecule has 0 aromatic heterocycles. The molecule has 0 bridgehead atoms. The predicted octanol–water partition coefficient (Wildman–Crippen LogP) is 4.01. The molecular weight excluding hydrogens is 339 g/mol. The summed E-state index contributed by atoms with van der Waals surface area (Å²) in [6.07, 6.45) is -4.52. The Bertz CT molecular complexity index is 489. The maximum absolute atomic E-state index is 13.0. The van der Waals surface area contributed by atoms with Gasteiger partial charge in [-0.25, -0.2) is 0 Å². The van der Waals surface area contributed by atoms with Crippen molar-refractivity contribution in [3.05, 3.63) is 28.2 Å². The molecule has 3 nitrogen and oxygen atoms in total. The van der Waals surface area contributed by atoms with Gasteiger partial charge in [-0.2, -0.15) is 13.2 Å². The first kappa shape index (κ1) is 16.8. The lowest BCUT2D eigenvalue weighted by Gasteiger charge is -2.28. The number of hydrogen-bond donors (Lipinski definition) is 1. The van der Waals surface area contributed by atoms with Crippen LogP contribution in [0, 0.1) is 5.92 Å². The van der Waals surface area contributed by atoms with E-state index >= 15 is 0 Å². The molecule has 0 aliphatic heterocycles. The van der Waals surface area contributed by atoms with Gasteiger partial charge in [-0.3, -0.25) is 4.79 Å². The highest BCUT2D eigenvalue weighted by Gasteiger charge is 2.35. The molecule has 1 rings (SSSR count). The Morgan fingerprint density at radius 3 is 2.45 bits per heavy atom. The average molecular weight is 354 g/mol. The summed E-state index contributed by atoms with van der Waals surface area (Å²) < 4.78 is 39.5. The molecule has 7 heteroatoms. The van der Waals surface area contributed by atoms with Gasteiger partial charge in [0.2, 0.25) is 0 Å². The van der Waals surface area contributed by atoms with Crippen LogP contribution >= 0.6 is 15.9 Å². The van der Waals surface area contributed by atoms with Crippen molar-refractivity contribution >= 4 is 27.6 Å². The molecule has 0 saturated heterocycles. The molecule has 0 fully saturated rings. The lowest BCUT2D eigenvalue weighted by Crippen LogP contribution is -2.34. The van der Waals surface area contributed by atoms with E-state index in [4.69, 9.17) is 5.11 Å². The van der Waals surface area contributed by atoms with Crippen molar-refractivity contribution in [1.29, 1.82) is 0 Å². The van der Waals surface area contributed by atoms with Crippen LogP contribution in [0.15, 0.2) is 22.7 Å². The Morgan fingerprint density at radius 2 is 2.00 bits per heavy atom. The van der Waals surface area contributed by atoms with Gasteiger partial charge in [0.05, 0.1) is 11.3 Å². The molecule has 112 valence electrons. The standard InChI is InChI=1S/C13H15BrF3NO2/c1-8(2)6-18(7-12(19)20)11-5-9(14)3-4-10(11)13(15,16)17/h3-5,8H,6-7H2,1-2H3,(H,19,20). The molecule has 0 atom stereocenters. The van der Waals surface area contributed by atoms with Crippen molar-refractivity contribution in [3.8, 4) is 0 Å². The minimum atomic E-state index is -4.52. The summed E-state index contributed by atoms with van der Waals surface area (Å²) in [4.78, 5) is 12.1. The molecule has 0 radical (unpaired) electrons. The monoisotopic (exact) mass is 353 g/mol. The number of carboxylic acids is 1. The van der Waals surface area contributed by atoms with Gasteiger partial charge >= 0.3 is 12.1 Å². The number of carboxylic acid groups (broad SMARTS) is 1. The van der Waals surface area contributed by atoms with E-state index < -0.39 is 24.3 Å². The normalized spacial score (nSPS) is 11.8. The molecule has 0 heterocycles. The van der Waals surface area contributed by atoms with E-state index in [1.165, 1.54) is 17.0 Å². The van der Waals surface area contributed by atoms with E-state index in [1.807, 2.05) is 13.8 Å². The van der Waals surface area contributed by atoms with Crippen molar-refractivity contribution < 1.29 is 23.1 Å². The fraction of sp³-hybridized carbons (Fsp3) is 0.462. The van der Waals surface area contributed by atoms with Crippen molar-refractivity contribution in [1.82, 2.24) is 0 Å². The third-order valence-electron chi connectivity index (χ3n) is 2.52. The fourth-order valence-electron chi connectivity index (χ4n) is 1.86. The van der Waals surface area contributed by atoms with Gasteiger partial charge in [0.25, 0.3) is 0 Å². The summed E-state index contributed by atoms with van der Waals surface area (Å²) in [6, 6.07) is 3.55. The smallest absolute Gasteiger partial charge is 0.418 e. The number of hydrogen-bond acceptors (Lipinski definition) is 2. The largest absolute Gasteiger partial charge is 0.480 e. The van der Waals surface area contributed by atoms with Crippen molar-refractivity contribution in [2.24, 2.45) is 5.92 Å². The lowest BCUT2D eigenvalue weighted by molar-refractivity contribution is -0.138. The Kier molecular flexibility index (Phi) is 5.44. The van der Waals surface area contributed by atoms with E-state index in [9.17, 15) is 18.0 Å². The quantitative estimate of drug-likeness (QED) is 0.869. The Hall–Kier alpha value is -1.24. The van der Waals surface area contributed by atoms with Crippen LogP contribution < -0.4 is 4.90 Å². The van der Waals surface area contributed by atoms with Crippen molar-refractivity contribution in [2.45, 2.75) is 20.0 Å². The molecule has 0 unspecified atom stereocenters. The molecule has 1 aromatic carbocycles. The molecule has 20 heavy (non-hydrogen) atoms. The number of rotatable bonds is 5. The zero-order valence-electron chi connectivity index (χ0n) is 11.0. The third kappa shape index (κ3) is 4.70. The van der Waals surface area contributed by atoms with E-state index in [0.717, 1.165) is 6.07 Å². The molecule has 0 saturated carbocycles. The summed E-state index contributed by atoms with van der Waals surface area (Å²) in [5, 5.41) is 8.89. The van der Waals surface area contributed by atoms with Gasteiger partial charge in [0.1, 0.15) is 6.54 Å². The van der Waals surface area contributed by atoms with Crippen LogP contribution in [0.4, 0.5) is 18.9 Å². The number of nitrogens with zero attached hydrogens (tertiary/aromatic N) is 1. The van der Waals surface area contributed by atoms with Crippen LogP contribution in [0.5, 0.6) is 0 Å². The van der Waals surface area contributed by atoms with Crippen LogP contribution in [0.2, 0.25) is 0 Å². The topological polar surface area (TPSA) is 40.5 Å². The second kappa shape index (κ2) is 6.47. The number of carbonyl (C=O) groups is 1. The van der Waals surface area contributed by atoms with Crippen LogP contribution in [0.25, 0.3) is 0 Å². The summed E-state index contributed by atoms with van der Waals surface area (Å²) in [6.45, 7) is 3.39. The third-order valence-corrected chi connectivity index (χ3v) is 3.01. The summed E-state index contributed by atoms with van der Waals surface area (Å²) in [5.41, 5.74) is -0.953. The van der Waals surface area contributed by atoms with Crippen LogP contribution in [0.1, 0.15) is 19.4 Å². The fourth-order valence-corrected chi connectivity index (χ4v) is 2.21. The first-order chi connectivity index (χ1) is 9.11. The summed E-state index contributed by atoms with van der Waals surface area (Å²) in [5.74, 6) is -1.13. The zero-order chi connectivity index (χ0) is 15.5. The molecule has 0 spiro atoms. The number of halogens is 4. The van der Waals surface area contributed by atoms with Crippen LogP contribution in [-0.4, -0.2) is 24.2 Å². The maximum atomic E-state index is 13.0. The molecule has 0 aliphatic carbocycles. The number of aliphatic carboxylic acids is 1. The Morgan fingerprint density at radius 1 is 1.40 bits per heavy atom. The SMILES string of the molecule is CC(C)CN(CC(=O)O)c1cc(Br)ccc1C(F)(F)F.